The molecule has 2 aromatic heterocycles. The smallest absolute Gasteiger partial charge is 0.280 e. The maximum atomic E-state index is 11.5. The summed E-state index contributed by atoms with van der Waals surface area (Å²) in [6, 6.07) is 15.6. The second-order valence-electron chi connectivity index (χ2n) is 8.25. The number of ether oxygens (including phenoxy) is 1. The van der Waals surface area contributed by atoms with Crippen molar-refractivity contribution in [3.8, 4) is 11.3 Å². The summed E-state index contributed by atoms with van der Waals surface area (Å²) >= 11 is 5.73. The fourth-order valence-corrected chi connectivity index (χ4v) is 4.86. The molecule has 2 saturated heterocycles. The summed E-state index contributed by atoms with van der Waals surface area (Å²) in [5.41, 5.74) is 1.31. The number of nitro benzene ring substituents is 1. The average molecular weight is 480 g/mol. The van der Waals surface area contributed by atoms with Crippen LogP contribution in [0.25, 0.3) is 11.3 Å². The molecule has 0 spiro atoms. The number of aromatic nitrogens is 1. The second-order valence-corrected chi connectivity index (χ2v) is 8.64. The number of thiocarbonyl (C=S) groups is 1. The first-order valence-electron chi connectivity index (χ1n) is 11.2. The number of morpholine rings is 1. The maximum Gasteiger partial charge on any atom is 0.280 e. The zero-order valence-electron chi connectivity index (χ0n) is 18.5. The number of hydrogen-bond donors (Lipinski definition) is 1. The maximum absolute atomic E-state index is 11.5. The molecule has 3 aromatic rings. The van der Waals surface area contributed by atoms with E-state index in [-0.39, 0.29) is 17.8 Å². The number of benzene rings is 1. The summed E-state index contributed by atoms with van der Waals surface area (Å²) in [5, 5.41) is 15.6. The molecular weight excluding hydrogens is 454 g/mol. The topological polar surface area (TPSA) is 96.9 Å². The van der Waals surface area contributed by atoms with E-state index in [0.29, 0.717) is 28.7 Å². The van der Waals surface area contributed by atoms with Crippen molar-refractivity contribution in [2.45, 2.75) is 12.1 Å². The minimum Gasteiger partial charge on any atom is -0.459 e. The van der Waals surface area contributed by atoms with Crippen LogP contribution in [0.4, 0.5) is 5.69 Å². The van der Waals surface area contributed by atoms with Crippen LogP contribution in [0.3, 0.4) is 0 Å². The van der Waals surface area contributed by atoms with E-state index >= 15 is 0 Å². The van der Waals surface area contributed by atoms with Crippen LogP contribution in [0.2, 0.25) is 0 Å². The van der Waals surface area contributed by atoms with E-state index in [1.54, 1.807) is 30.5 Å². The first kappa shape index (κ1) is 22.5. The molecule has 2 fully saturated rings. The molecule has 9 nitrogen and oxygen atoms in total. The summed E-state index contributed by atoms with van der Waals surface area (Å²) in [6.45, 7) is 4.81. The lowest BCUT2D eigenvalue weighted by molar-refractivity contribution is -0.384. The van der Waals surface area contributed by atoms with Gasteiger partial charge in [-0.2, -0.15) is 0 Å². The molecule has 0 aliphatic carbocycles. The Morgan fingerprint density at radius 2 is 1.88 bits per heavy atom. The molecule has 4 heterocycles. The van der Waals surface area contributed by atoms with Crippen LogP contribution in [-0.4, -0.2) is 64.2 Å². The van der Waals surface area contributed by atoms with Crippen molar-refractivity contribution in [1.82, 2.24) is 20.1 Å². The Hall–Kier alpha value is -3.34. The largest absolute Gasteiger partial charge is 0.459 e. The lowest BCUT2D eigenvalue weighted by Gasteiger charge is -2.31. The van der Waals surface area contributed by atoms with Crippen molar-refractivity contribution in [1.29, 1.82) is 0 Å². The van der Waals surface area contributed by atoms with Crippen molar-refractivity contribution in [2.75, 3.05) is 39.4 Å². The summed E-state index contributed by atoms with van der Waals surface area (Å²) < 4.78 is 11.7. The van der Waals surface area contributed by atoms with Crippen LogP contribution in [0, 0.1) is 10.1 Å². The third-order valence-corrected chi connectivity index (χ3v) is 6.60. The van der Waals surface area contributed by atoms with Crippen molar-refractivity contribution in [2.24, 2.45) is 0 Å². The van der Waals surface area contributed by atoms with E-state index in [1.165, 1.54) is 6.07 Å². The standard InChI is InChI=1S/C24H25N5O4S/c30-29(31)19-7-2-1-5-17(19)20-8-9-21(33-20)23-22(18-6-3-4-10-25-18)26-24(34)28(23)12-11-27-13-15-32-16-14-27/h1-10,22-23H,11-16H2,(H,26,34)/t22-,23+/m1/s1. The van der Waals surface area contributed by atoms with Gasteiger partial charge in [0.1, 0.15) is 17.6 Å². The molecule has 1 N–H and O–H groups in total. The minimum atomic E-state index is -0.394. The van der Waals surface area contributed by atoms with Crippen LogP contribution in [0.15, 0.2) is 65.2 Å². The van der Waals surface area contributed by atoms with Crippen LogP contribution in [-0.2, 0) is 4.74 Å². The molecule has 34 heavy (non-hydrogen) atoms. The lowest BCUT2D eigenvalue weighted by atomic mass is 10.0. The lowest BCUT2D eigenvalue weighted by Crippen LogP contribution is -2.42. The molecule has 0 bridgehead atoms. The van der Waals surface area contributed by atoms with Gasteiger partial charge in [0.25, 0.3) is 5.69 Å². The van der Waals surface area contributed by atoms with Gasteiger partial charge in [-0.15, -0.1) is 0 Å². The number of pyridine rings is 1. The first-order chi connectivity index (χ1) is 16.6. The summed E-state index contributed by atoms with van der Waals surface area (Å²) in [6.07, 6.45) is 1.76. The number of nitrogens with one attached hydrogen (secondary N) is 1. The molecule has 0 saturated carbocycles. The molecule has 2 aliphatic heterocycles. The SMILES string of the molecule is O=[N+]([O-])c1ccccc1-c1ccc([C@H]2[C@@H](c3ccccn3)NC(=S)N2CCN2CCOCC2)o1. The fraction of sp³-hybridized carbons (Fsp3) is 0.333. The highest BCUT2D eigenvalue weighted by Crippen LogP contribution is 2.41. The Bertz CT molecular complexity index is 1160. The Labute approximate surface area is 202 Å². The third-order valence-electron chi connectivity index (χ3n) is 6.24. The summed E-state index contributed by atoms with van der Waals surface area (Å²) in [5.74, 6) is 1.13. The minimum absolute atomic E-state index is 0.00826. The highest BCUT2D eigenvalue weighted by Gasteiger charge is 2.41. The van der Waals surface area contributed by atoms with Crippen molar-refractivity contribution in [3.63, 3.8) is 0 Å². The Balaban J connectivity index is 1.47. The van der Waals surface area contributed by atoms with Crippen molar-refractivity contribution in [3.05, 3.63) is 82.4 Å². The molecule has 0 radical (unpaired) electrons. The van der Waals surface area contributed by atoms with Gasteiger partial charge in [0, 0.05) is 38.4 Å². The van der Waals surface area contributed by atoms with Gasteiger partial charge in [0.05, 0.1) is 35.4 Å². The second kappa shape index (κ2) is 9.88. The van der Waals surface area contributed by atoms with E-state index < -0.39 is 4.92 Å². The Morgan fingerprint density at radius 3 is 2.65 bits per heavy atom. The van der Waals surface area contributed by atoms with E-state index in [2.05, 4.69) is 20.1 Å². The van der Waals surface area contributed by atoms with Crippen LogP contribution in [0.1, 0.15) is 23.5 Å². The zero-order valence-corrected chi connectivity index (χ0v) is 19.3. The molecular formula is C24H25N5O4S. The average Bonchev–Trinajstić information content (AvgIpc) is 3.48. The van der Waals surface area contributed by atoms with E-state index in [4.69, 9.17) is 21.4 Å². The number of para-hydroxylation sites is 1. The predicted octanol–water partition coefficient (Wildman–Crippen LogP) is 3.55. The number of rotatable bonds is 7. The number of nitro groups is 1. The normalized spacial score (nSPS) is 20.9. The Morgan fingerprint density at radius 1 is 1.09 bits per heavy atom. The first-order valence-corrected chi connectivity index (χ1v) is 11.6. The monoisotopic (exact) mass is 479 g/mol. The predicted molar refractivity (Wildman–Crippen MR) is 130 cm³/mol. The van der Waals surface area contributed by atoms with E-state index in [0.717, 1.165) is 38.5 Å². The van der Waals surface area contributed by atoms with E-state index in [9.17, 15) is 10.1 Å². The highest BCUT2D eigenvalue weighted by molar-refractivity contribution is 7.80. The number of hydrogen-bond acceptors (Lipinski definition) is 7. The molecule has 10 heteroatoms. The quantitative estimate of drug-likeness (QED) is 0.310. The molecule has 1 aromatic carbocycles. The van der Waals surface area contributed by atoms with Gasteiger partial charge in [-0.05, 0) is 42.5 Å². The molecule has 0 unspecified atom stereocenters. The molecule has 5 rings (SSSR count). The van der Waals surface area contributed by atoms with E-state index in [1.807, 2.05) is 24.3 Å². The van der Waals surface area contributed by atoms with Gasteiger partial charge in [-0.25, -0.2) is 0 Å². The van der Waals surface area contributed by atoms with Crippen LogP contribution < -0.4 is 5.32 Å². The third kappa shape index (κ3) is 4.52. The van der Waals surface area contributed by atoms with Gasteiger partial charge in [-0.3, -0.25) is 20.0 Å². The number of furan rings is 1. The van der Waals surface area contributed by atoms with Crippen LogP contribution >= 0.6 is 12.2 Å². The highest BCUT2D eigenvalue weighted by atomic mass is 32.1. The summed E-state index contributed by atoms with van der Waals surface area (Å²) in [7, 11) is 0. The number of nitrogens with zero attached hydrogens (tertiary/aromatic N) is 4. The molecule has 2 aliphatic rings. The fourth-order valence-electron chi connectivity index (χ4n) is 4.53. The van der Waals surface area contributed by atoms with Gasteiger partial charge in [-0.1, -0.05) is 18.2 Å². The van der Waals surface area contributed by atoms with Gasteiger partial charge in [0.2, 0.25) is 0 Å². The van der Waals surface area contributed by atoms with Crippen molar-refractivity contribution < 1.29 is 14.1 Å². The van der Waals surface area contributed by atoms with Crippen LogP contribution in [0.5, 0.6) is 0 Å². The zero-order chi connectivity index (χ0) is 23.5. The van der Waals surface area contributed by atoms with Crippen molar-refractivity contribution >= 4 is 23.0 Å². The van der Waals surface area contributed by atoms with Gasteiger partial charge < -0.3 is 19.4 Å². The molecule has 176 valence electrons. The van der Waals surface area contributed by atoms with Gasteiger partial charge >= 0.3 is 0 Å². The summed E-state index contributed by atoms with van der Waals surface area (Å²) in [4.78, 5) is 20.2. The van der Waals surface area contributed by atoms with Gasteiger partial charge in [0.15, 0.2) is 5.11 Å². The molecule has 0 amide bonds. The molecule has 2 atom stereocenters. The Kier molecular flexibility index (Phi) is 6.52.